The van der Waals surface area contributed by atoms with Crippen LogP contribution in [0.4, 0.5) is 4.39 Å². The second-order valence-electron chi connectivity index (χ2n) is 4.29. The Morgan fingerprint density at radius 1 is 1.39 bits per heavy atom. The zero-order chi connectivity index (χ0) is 13.8. The Morgan fingerprint density at radius 3 is 2.50 bits per heavy atom. The Bertz CT molecular complexity index is 425. The van der Waals surface area contributed by atoms with Crippen molar-refractivity contribution in [2.45, 2.75) is 25.8 Å². The van der Waals surface area contributed by atoms with E-state index in [9.17, 15) is 9.18 Å². The number of carbonyl (C=O) groups excluding carboxylic acids is 1. The number of hydrogen-bond donors (Lipinski definition) is 1. The molecule has 0 aliphatic carbocycles. The first-order valence-corrected chi connectivity index (χ1v) is 6.76. The second-order valence-corrected chi connectivity index (χ2v) is 4.83. The van der Waals surface area contributed by atoms with E-state index in [1.165, 1.54) is 6.07 Å². The third-order valence-electron chi connectivity index (χ3n) is 3.00. The van der Waals surface area contributed by atoms with Gasteiger partial charge in [0.1, 0.15) is 5.82 Å². The Kier molecular flexibility index (Phi) is 5.42. The first-order chi connectivity index (χ1) is 8.49. The van der Waals surface area contributed by atoms with E-state index >= 15 is 0 Å². The van der Waals surface area contributed by atoms with E-state index in [2.05, 4.69) is 5.32 Å². The highest BCUT2D eigenvalue weighted by Crippen LogP contribution is 2.18. The second kappa shape index (κ2) is 6.39. The van der Waals surface area contributed by atoms with E-state index in [1.807, 2.05) is 6.92 Å². The van der Waals surface area contributed by atoms with Crippen molar-refractivity contribution in [2.24, 2.45) is 0 Å². The van der Waals surface area contributed by atoms with Crippen LogP contribution in [0.25, 0.3) is 0 Å². The maximum Gasteiger partial charge on any atom is 0.254 e. The van der Waals surface area contributed by atoms with Gasteiger partial charge in [0, 0.05) is 11.8 Å². The molecule has 0 heterocycles. The summed E-state index contributed by atoms with van der Waals surface area (Å²) in [6.07, 6.45) is 0.583. The Hall–Kier alpha value is -0.800. The highest BCUT2D eigenvalue weighted by atomic mass is 35.5. The molecule has 0 unspecified atom stereocenters. The molecule has 0 bridgehead atoms. The van der Waals surface area contributed by atoms with E-state index in [4.69, 9.17) is 23.2 Å². The van der Waals surface area contributed by atoms with Gasteiger partial charge in [0.15, 0.2) is 0 Å². The summed E-state index contributed by atoms with van der Waals surface area (Å²) in [6.45, 7) is 3.49. The molecule has 0 aromatic heterocycles. The van der Waals surface area contributed by atoms with Gasteiger partial charge in [-0.1, -0.05) is 19.1 Å². The molecule has 0 spiro atoms. The molecule has 1 aromatic carbocycles. The van der Waals surface area contributed by atoms with Gasteiger partial charge in [-0.2, -0.15) is 0 Å². The van der Waals surface area contributed by atoms with Crippen molar-refractivity contribution >= 4 is 29.1 Å². The van der Waals surface area contributed by atoms with Crippen molar-refractivity contribution in [3.05, 3.63) is 35.1 Å². The predicted octanol–water partition coefficient (Wildman–Crippen LogP) is 3.49. The molecule has 5 heteroatoms. The Morgan fingerprint density at radius 2 is 2.00 bits per heavy atom. The molecule has 0 aliphatic rings. The number of alkyl halides is 2. The zero-order valence-electron chi connectivity index (χ0n) is 10.4. The average molecular weight is 292 g/mol. The van der Waals surface area contributed by atoms with Gasteiger partial charge in [0.2, 0.25) is 0 Å². The molecule has 1 N–H and O–H groups in total. The molecule has 0 saturated carbocycles. The van der Waals surface area contributed by atoms with E-state index in [1.54, 1.807) is 19.1 Å². The normalized spacial score (nSPS) is 11.4. The molecule has 18 heavy (non-hydrogen) atoms. The topological polar surface area (TPSA) is 29.1 Å². The monoisotopic (exact) mass is 291 g/mol. The molecular weight excluding hydrogens is 276 g/mol. The van der Waals surface area contributed by atoms with Crippen molar-refractivity contribution in [1.29, 1.82) is 0 Å². The van der Waals surface area contributed by atoms with Gasteiger partial charge >= 0.3 is 0 Å². The lowest BCUT2D eigenvalue weighted by molar-refractivity contribution is 0.0909. The Labute approximate surface area is 116 Å². The highest BCUT2D eigenvalue weighted by molar-refractivity contribution is 6.22. The number of nitrogens with one attached hydrogen (secondary N) is 1. The van der Waals surface area contributed by atoms with Crippen molar-refractivity contribution in [3.63, 3.8) is 0 Å². The van der Waals surface area contributed by atoms with Gasteiger partial charge in [0.05, 0.1) is 11.1 Å². The van der Waals surface area contributed by atoms with E-state index in [-0.39, 0.29) is 17.3 Å². The van der Waals surface area contributed by atoms with Crippen molar-refractivity contribution in [1.82, 2.24) is 5.32 Å². The van der Waals surface area contributed by atoms with Crippen LogP contribution in [0.15, 0.2) is 18.2 Å². The minimum Gasteiger partial charge on any atom is -0.344 e. The third kappa shape index (κ3) is 3.15. The van der Waals surface area contributed by atoms with Gasteiger partial charge in [-0.25, -0.2) is 4.39 Å². The summed E-state index contributed by atoms with van der Waals surface area (Å²) in [5.74, 6) is -0.623. The average Bonchev–Trinajstić information content (AvgIpc) is 2.39. The standard InChI is InChI=1S/C13H16Cl2FNO/c1-3-13(7-14,8-15)17-12(18)10-6-4-5-9(2)11(10)16/h4-6H,3,7-8H2,1-2H3,(H,17,18). The van der Waals surface area contributed by atoms with Crippen LogP contribution < -0.4 is 5.32 Å². The maximum absolute atomic E-state index is 13.8. The van der Waals surface area contributed by atoms with Crippen LogP contribution in [-0.2, 0) is 0 Å². The minimum absolute atomic E-state index is 0.0167. The third-order valence-corrected chi connectivity index (χ3v) is 4.03. The van der Waals surface area contributed by atoms with E-state index in [0.29, 0.717) is 12.0 Å². The molecule has 100 valence electrons. The fourth-order valence-corrected chi connectivity index (χ4v) is 2.31. The predicted molar refractivity (Wildman–Crippen MR) is 73.1 cm³/mol. The number of hydrogen-bond acceptors (Lipinski definition) is 1. The molecule has 0 aliphatic heterocycles. The summed E-state index contributed by atoms with van der Waals surface area (Å²) >= 11 is 11.7. The number of carbonyl (C=O) groups is 1. The lowest BCUT2D eigenvalue weighted by Gasteiger charge is -2.29. The minimum atomic E-state index is -0.698. The highest BCUT2D eigenvalue weighted by Gasteiger charge is 2.29. The number of amides is 1. The van der Waals surface area contributed by atoms with Gasteiger partial charge in [-0.15, -0.1) is 23.2 Å². The van der Waals surface area contributed by atoms with Crippen LogP contribution >= 0.6 is 23.2 Å². The van der Waals surface area contributed by atoms with Crippen LogP contribution in [0.1, 0.15) is 29.3 Å². The molecule has 0 atom stereocenters. The lowest BCUT2D eigenvalue weighted by Crippen LogP contribution is -2.51. The summed E-state index contributed by atoms with van der Waals surface area (Å²) in [7, 11) is 0. The van der Waals surface area contributed by atoms with Crippen LogP contribution in [0, 0.1) is 12.7 Å². The summed E-state index contributed by atoms with van der Waals surface area (Å²) in [5, 5.41) is 2.72. The van der Waals surface area contributed by atoms with Crippen molar-refractivity contribution in [3.8, 4) is 0 Å². The van der Waals surface area contributed by atoms with E-state index < -0.39 is 17.3 Å². The number of halogens is 3. The molecule has 1 rings (SSSR count). The molecule has 0 saturated heterocycles. The van der Waals surface area contributed by atoms with Crippen molar-refractivity contribution in [2.75, 3.05) is 11.8 Å². The lowest BCUT2D eigenvalue weighted by atomic mass is 10.00. The van der Waals surface area contributed by atoms with Gasteiger partial charge in [0.25, 0.3) is 5.91 Å². The van der Waals surface area contributed by atoms with Crippen LogP contribution in [0.2, 0.25) is 0 Å². The summed E-state index contributed by atoms with van der Waals surface area (Å²) < 4.78 is 13.8. The number of benzene rings is 1. The first-order valence-electron chi connectivity index (χ1n) is 5.69. The SMILES string of the molecule is CCC(CCl)(CCl)NC(=O)c1cccc(C)c1F. The largest absolute Gasteiger partial charge is 0.344 e. The van der Waals surface area contributed by atoms with Gasteiger partial charge < -0.3 is 5.32 Å². The Balaban J connectivity index is 2.98. The zero-order valence-corrected chi connectivity index (χ0v) is 11.9. The van der Waals surface area contributed by atoms with Crippen LogP contribution in [0.3, 0.4) is 0 Å². The van der Waals surface area contributed by atoms with E-state index in [0.717, 1.165) is 0 Å². The molecule has 1 amide bonds. The van der Waals surface area contributed by atoms with Gasteiger partial charge in [-0.05, 0) is 25.0 Å². The molecule has 0 radical (unpaired) electrons. The summed E-state index contributed by atoms with van der Waals surface area (Å²) in [6, 6.07) is 4.70. The fraction of sp³-hybridized carbons (Fsp3) is 0.462. The smallest absolute Gasteiger partial charge is 0.254 e. The quantitative estimate of drug-likeness (QED) is 0.827. The molecule has 2 nitrogen and oxygen atoms in total. The van der Waals surface area contributed by atoms with Crippen LogP contribution in [0.5, 0.6) is 0 Å². The molecular formula is C13H16Cl2FNO. The number of aryl methyl sites for hydroxylation is 1. The van der Waals surface area contributed by atoms with Crippen LogP contribution in [-0.4, -0.2) is 23.2 Å². The fourth-order valence-electron chi connectivity index (χ4n) is 1.51. The molecule has 0 fully saturated rings. The van der Waals surface area contributed by atoms with Gasteiger partial charge in [-0.3, -0.25) is 4.79 Å². The maximum atomic E-state index is 13.8. The molecule has 1 aromatic rings. The number of rotatable bonds is 5. The summed E-state index contributed by atoms with van der Waals surface area (Å²) in [5.41, 5.74) is -0.249. The first kappa shape index (κ1) is 15.3. The summed E-state index contributed by atoms with van der Waals surface area (Å²) in [4.78, 5) is 12.0. The van der Waals surface area contributed by atoms with Crippen molar-refractivity contribution < 1.29 is 9.18 Å².